The normalized spacial score (nSPS) is 15.1. The third kappa shape index (κ3) is 5.36. The Kier molecular flexibility index (Phi) is 7.67. The van der Waals surface area contributed by atoms with Crippen LogP contribution in [0.5, 0.6) is 5.75 Å². The molecule has 0 bridgehead atoms. The van der Waals surface area contributed by atoms with Crippen LogP contribution in [0.15, 0.2) is 46.4 Å². The van der Waals surface area contributed by atoms with Crippen LogP contribution < -0.4 is 15.0 Å². The van der Waals surface area contributed by atoms with E-state index in [1.165, 1.54) is 6.08 Å². The molecule has 0 saturated carbocycles. The van der Waals surface area contributed by atoms with Crippen molar-refractivity contribution in [2.24, 2.45) is 0 Å². The Hall–Kier alpha value is -2.73. The molecule has 0 unspecified atom stereocenters. The molecule has 4 amide bonds. The van der Waals surface area contributed by atoms with Crippen LogP contribution in [0.4, 0.5) is 10.5 Å². The summed E-state index contributed by atoms with van der Waals surface area (Å²) in [5.74, 6) is -1.52. The zero-order valence-corrected chi connectivity index (χ0v) is 20.9. The molecule has 0 aromatic heterocycles. The van der Waals surface area contributed by atoms with Crippen molar-refractivity contribution in [2.75, 3.05) is 18.1 Å². The van der Waals surface area contributed by atoms with Gasteiger partial charge in [0.15, 0.2) is 6.61 Å². The largest absolute Gasteiger partial charge is 0.481 e. The first-order valence-electron chi connectivity index (χ1n) is 9.46. The van der Waals surface area contributed by atoms with Gasteiger partial charge in [-0.2, -0.15) is 0 Å². The molecule has 1 heterocycles. The number of carbonyl (C=O) groups is 4. The molecule has 0 spiro atoms. The number of nitrogens with zero attached hydrogens (tertiary/aromatic N) is 1. The van der Waals surface area contributed by atoms with Gasteiger partial charge < -0.3 is 9.47 Å². The van der Waals surface area contributed by atoms with Crippen LogP contribution in [-0.4, -0.2) is 37.0 Å². The van der Waals surface area contributed by atoms with E-state index < -0.39 is 23.8 Å². The predicted octanol–water partition coefficient (Wildman–Crippen LogP) is 3.97. The van der Waals surface area contributed by atoms with Crippen molar-refractivity contribution in [3.63, 3.8) is 0 Å². The number of imide groups is 2. The maximum Gasteiger partial charge on any atom is 0.344 e. The molecule has 2 aromatic rings. The SMILES string of the molecule is CCOC(=O)COc1ccc(/C=C2\C(=O)NC(=O)N(c3ccc(Br)c(C)c3)C2=O)cc1I. The number of aryl methyl sites for hydroxylation is 1. The topological polar surface area (TPSA) is 102 Å². The number of urea groups is 1. The van der Waals surface area contributed by atoms with E-state index in [1.54, 1.807) is 43.3 Å². The predicted molar refractivity (Wildman–Crippen MR) is 129 cm³/mol. The number of hydrogen-bond acceptors (Lipinski definition) is 6. The van der Waals surface area contributed by atoms with E-state index in [4.69, 9.17) is 9.47 Å². The lowest BCUT2D eigenvalue weighted by Crippen LogP contribution is -2.54. The summed E-state index contributed by atoms with van der Waals surface area (Å²) >= 11 is 5.40. The number of amides is 4. The fourth-order valence-corrected chi connectivity index (χ4v) is 3.83. The molecule has 1 fully saturated rings. The molecule has 0 aliphatic carbocycles. The highest BCUT2D eigenvalue weighted by atomic mass is 127. The van der Waals surface area contributed by atoms with E-state index in [0.29, 0.717) is 20.6 Å². The molecule has 0 atom stereocenters. The summed E-state index contributed by atoms with van der Waals surface area (Å²) in [5, 5.41) is 2.20. The first-order chi connectivity index (χ1) is 15.2. The van der Waals surface area contributed by atoms with Gasteiger partial charge in [-0.15, -0.1) is 0 Å². The molecule has 1 N–H and O–H groups in total. The standard InChI is InChI=1S/C22H18BrIN2O6/c1-3-31-19(27)11-32-18-7-4-13(10-17(18)24)9-15-20(28)25-22(30)26(21(15)29)14-5-6-16(23)12(2)8-14/h4-10H,3,11H2,1-2H3,(H,25,28,30)/b15-9+. The van der Waals surface area contributed by atoms with Crippen LogP contribution in [0.25, 0.3) is 6.08 Å². The number of anilines is 1. The second-order valence-electron chi connectivity index (χ2n) is 6.67. The van der Waals surface area contributed by atoms with Crippen molar-refractivity contribution in [1.82, 2.24) is 5.32 Å². The zero-order chi connectivity index (χ0) is 23.4. The van der Waals surface area contributed by atoms with Gasteiger partial charge in [-0.25, -0.2) is 14.5 Å². The Morgan fingerprint density at radius 2 is 1.94 bits per heavy atom. The Morgan fingerprint density at radius 1 is 1.19 bits per heavy atom. The van der Waals surface area contributed by atoms with E-state index in [9.17, 15) is 19.2 Å². The van der Waals surface area contributed by atoms with Crippen molar-refractivity contribution < 1.29 is 28.7 Å². The van der Waals surface area contributed by atoms with E-state index >= 15 is 0 Å². The molecular formula is C22H18BrIN2O6. The smallest absolute Gasteiger partial charge is 0.344 e. The monoisotopic (exact) mass is 612 g/mol. The lowest BCUT2D eigenvalue weighted by molar-refractivity contribution is -0.145. The quantitative estimate of drug-likeness (QED) is 0.229. The number of rotatable bonds is 6. The number of ether oxygens (including phenoxy) is 2. The van der Waals surface area contributed by atoms with E-state index in [2.05, 4.69) is 21.2 Å². The van der Waals surface area contributed by atoms with Gasteiger partial charge in [-0.3, -0.25) is 14.9 Å². The average molecular weight is 613 g/mol. The fraction of sp³-hybridized carbons (Fsp3) is 0.182. The average Bonchev–Trinajstić information content (AvgIpc) is 2.73. The molecule has 1 aliphatic heterocycles. The van der Waals surface area contributed by atoms with Gasteiger partial charge in [0, 0.05) is 4.47 Å². The van der Waals surface area contributed by atoms with Crippen LogP contribution >= 0.6 is 38.5 Å². The highest BCUT2D eigenvalue weighted by molar-refractivity contribution is 14.1. The molecule has 1 aliphatic rings. The van der Waals surface area contributed by atoms with Crippen LogP contribution in [-0.2, 0) is 19.1 Å². The molecule has 0 radical (unpaired) electrons. The van der Waals surface area contributed by atoms with Crippen molar-refractivity contribution >= 4 is 74.1 Å². The summed E-state index contributed by atoms with van der Waals surface area (Å²) in [5.41, 5.74) is 1.56. The number of esters is 1. The molecule has 10 heteroatoms. The summed E-state index contributed by atoms with van der Waals surface area (Å²) < 4.78 is 11.8. The Morgan fingerprint density at radius 3 is 2.59 bits per heavy atom. The number of hydrogen-bond donors (Lipinski definition) is 1. The van der Waals surface area contributed by atoms with Gasteiger partial charge in [0.05, 0.1) is 15.9 Å². The van der Waals surface area contributed by atoms with E-state index in [0.717, 1.165) is 14.9 Å². The summed E-state index contributed by atoms with van der Waals surface area (Å²) in [6.45, 7) is 3.57. The van der Waals surface area contributed by atoms with Gasteiger partial charge in [0.1, 0.15) is 11.3 Å². The van der Waals surface area contributed by atoms with Gasteiger partial charge >= 0.3 is 12.0 Å². The maximum absolute atomic E-state index is 13.0. The summed E-state index contributed by atoms with van der Waals surface area (Å²) in [6, 6.07) is 9.16. The number of barbiturate groups is 1. The van der Waals surface area contributed by atoms with Crippen molar-refractivity contribution in [3.8, 4) is 5.75 Å². The van der Waals surface area contributed by atoms with Crippen molar-refractivity contribution in [1.29, 1.82) is 0 Å². The second-order valence-corrected chi connectivity index (χ2v) is 8.69. The Labute approximate surface area is 206 Å². The molecule has 2 aromatic carbocycles. The molecule has 3 rings (SSSR count). The molecule has 32 heavy (non-hydrogen) atoms. The zero-order valence-electron chi connectivity index (χ0n) is 17.1. The minimum absolute atomic E-state index is 0.179. The van der Waals surface area contributed by atoms with Crippen LogP contribution in [0.2, 0.25) is 0 Å². The molecule has 166 valence electrons. The number of halogens is 2. The van der Waals surface area contributed by atoms with Gasteiger partial charge in [0.2, 0.25) is 0 Å². The van der Waals surface area contributed by atoms with Gasteiger partial charge in [-0.05, 0) is 84.0 Å². The van der Waals surface area contributed by atoms with Crippen molar-refractivity contribution in [3.05, 3.63) is 61.1 Å². The summed E-state index contributed by atoms with van der Waals surface area (Å²) in [4.78, 5) is 50.2. The molecule has 8 nitrogen and oxygen atoms in total. The van der Waals surface area contributed by atoms with Crippen LogP contribution in [0.1, 0.15) is 18.1 Å². The third-order valence-electron chi connectivity index (χ3n) is 4.42. The highest BCUT2D eigenvalue weighted by Crippen LogP contribution is 2.28. The van der Waals surface area contributed by atoms with Gasteiger partial charge in [-0.1, -0.05) is 22.0 Å². The minimum Gasteiger partial charge on any atom is -0.481 e. The first kappa shape index (κ1) is 23.9. The van der Waals surface area contributed by atoms with E-state index in [-0.39, 0.29) is 18.8 Å². The fourth-order valence-electron chi connectivity index (χ4n) is 2.89. The Balaban J connectivity index is 1.86. The third-order valence-corrected chi connectivity index (χ3v) is 6.15. The number of carbonyl (C=O) groups excluding carboxylic acids is 4. The van der Waals surface area contributed by atoms with Crippen molar-refractivity contribution in [2.45, 2.75) is 13.8 Å². The second kappa shape index (κ2) is 10.3. The molecule has 1 saturated heterocycles. The molecular weight excluding hydrogens is 595 g/mol. The van der Waals surface area contributed by atoms with E-state index in [1.807, 2.05) is 29.5 Å². The lowest BCUT2D eigenvalue weighted by atomic mass is 10.1. The van der Waals surface area contributed by atoms with Crippen LogP contribution in [0, 0.1) is 10.5 Å². The number of nitrogens with one attached hydrogen (secondary N) is 1. The van der Waals surface area contributed by atoms with Gasteiger partial charge in [0.25, 0.3) is 11.8 Å². The first-order valence-corrected chi connectivity index (χ1v) is 11.3. The van der Waals surface area contributed by atoms with Crippen LogP contribution in [0.3, 0.4) is 0 Å². The minimum atomic E-state index is -0.809. The lowest BCUT2D eigenvalue weighted by Gasteiger charge is -2.26. The Bertz CT molecular complexity index is 1150. The number of benzene rings is 2. The summed E-state index contributed by atoms with van der Waals surface area (Å²) in [7, 11) is 0. The summed E-state index contributed by atoms with van der Waals surface area (Å²) in [6.07, 6.45) is 1.40. The highest BCUT2D eigenvalue weighted by Gasteiger charge is 2.36. The maximum atomic E-state index is 13.0.